The van der Waals surface area contributed by atoms with Crippen LogP contribution >= 0.6 is 0 Å². The number of benzene rings is 1. The van der Waals surface area contributed by atoms with Gasteiger partial charge in [0, 0.05) is 18.2 Å². The van der Waals surface area contributed by atoms with Crippen LogP contribution in [0.25, 0.3) is 0 Å². The number of aliphatic hydroxyl groups excluding tert-OH is 2. The molecule has 1 saturated heterocycles. The number of unbranched alkanes of at least 4 members (excludes halogenated alkanes) is 2. The monoisotopic (exact) mass is 410 g/mol. The van der Waals surface area contributed by atoms with Crippen LogP contribution in [0.3, 0.4) is 0 Å². The second kappa shape index (κ2) is 8.88. The van der Waals surface area contributed by atoms with Crippen LogP contribution in [0.5, 0.6) is 5.75 Å². The van der Waals surface area contributed by atoms with Gasteiger partial charge in [-0.2, -0.15) is 0 Å². The van der Waals surface area contributed by atoms with Gasteiger partial charge in [0.15, 0.2) is 0 Å². The Balaban J connectivity index is 1.72. The van der Waals surface area contributed by atoms with Gasteiger partial charge in [-0.3, -0.25) is 0 Å². The fourth-order valence-corrected chi connectivity index (χ4v) is 3.82. The smallest absolute Gasteiger partial charge is 0.225 e. The number of methoxy groups -OCH3 is 1. The number of hydrogen-bond donors (Lipinski definition) is 3. The lowest BCUT2D eigenvalue weighted by Crippen LogP contribution is -2.40. The molecule has 7 heteroatoms. The highest BCUT2D eigenvalue weighted by Crippen LogP contribution is 2.51. The lowest BCUT2D eigenvalue weighted by atomic mass is 9.95. The van der Waals surface area contributed by atoms with Crippen molar-refractivity contribution < 1.29 is 34.3 Å². The summed E-state index contributed by atoms with van der Waals surface area (Å²) in [4.78, 5) is 0. The number of fused-ring (bicyclic) bond motifs is 1. The van der Waals surface area contributed by atoms with Gasteiger partial charge in [0.2, 0.25) is 5.79 Å². The third-order valence-electron chi connectivity index (χ3n) is 5.84. The standard InChI is InChI=1S/C22H34O7/c1-5-6-7-10-16(23)19-20(29-19)22(26-4)15-9-8-11-17(14(15)12-28-22)27-13-18(24)21(2,3)25/h8-9,11,16,18-20,23-25H,5-7,10,12-13H2,1-4H3/t16-,18-,19+,20-,22+/m1/s1. The van der Waals surface area contributed by atoms with Crippen LogP contribution in [0.1, 0.15) is 57.6 Å². The van der Waals surface area contributed by atoms with E-state index in [1.54, 1.807) is 13.2 Å². The van der Waals surface area contributed by atoms with Crippen LogP contribution in [0.4, 0.5) is 0 Å². The Bertz CT molecular complexity index is 686. The molecule has 3 N–H and O–H groups in total. The van der Waals surface area contributed by atoms with E-state index in [4.69, 9.17) is 18.9 Å². The van der Waals surface area contributed by atoms with Crippen molar-refractivity contribution in [1.82, 2.24) is 0 Å². The van der Waals surface area contributed by atoms with Crippen molar-refractivity contribution in [2.24, 2.45) is 0 Å². The lowest BCUT2D eigenvalue weighted by Gasteiger charge is -2.27. The summed E-state index contributed by atoms with van der Waals surface area (Å²) in [5, 5.41) is 30.4. The molecule has 0 bridgehead atoms. The first-order valence-electron chi connectivity index (χ1n) is 10.4. The van der Waals surface area contributed by atoms with E-state index in [1.807, 2.05) is 12.1 Å². The van der Waals surface area contributed by atoms with Gasteiger partial charge in [0.05, 0.1) is 18.3 Å². The van der Waals surface area contributed by atoms with E-state index in [-0.39, 0.29) is 25.4 Å². The zero-order chi connectivity index (χ0) is 21.2. The largest absolute Gasteiger partial charge is 0.490 e. The molecule has 2 heterocycles. The molecule has 29 heavy (non-hydrogen) atoms. The number of epoxide rings is 1. The van der Waals surface area contributed by atoms with Gasteiger partial charge >= 0.3 is 0 Å². The molecule has 0 unspecified atom stereocenters. The van der Waals surface area contributed by atoms with E-state index in [0.717, 1.165) is 30.4 Å². The third kappa shape index (κ3) is 4.60. The molecule has 0 aliphatic carbocycles. The zero-order valence-electron chi connectivity index (χ0n) is 17.8. The maximum Gasteiger partial charge on any atom is 0.225 e. The van der Waals surface area contributed by atoms with E-state index in [0.29, 0.717) is 12.2 Å². The average molecular weight is 411 g/mol. The van der Waals surface area contributed by atoms with Crippen molar-refractivity contribution in [2.45, 2.75) is 88.9 Å². The second-order valence-electron chi connectivity index (χ2n) is 8.51. The van der Waals surface area contributed by atoms with Crippen molar-refractivity contribution in [3.8, 4) is 5.75 Å². The molecule has 164 valence electrons. The Morgan fingerprint density at radius 3 is 2.69 bits per heavy atom. The Morgan fingerprint density at radius 1 is 1.28 bits per heavy atom. The van der Waals surface area contributed by atoms with Crippen LogP contribution in [0.15, 0.2) is 18.2 Å². The molecule has 1 aromatic rings. The molecule has 0 amide bonds. The van der Waals surface area contributed by atoms with Crippen molar-refractivity contribution in [2.75, 3.05) is 13.7 Å². The molecule has 7 nitrogen and oxygen atoms in total. The summed E-state index contributed by atoms with van der Waals surface area (Å²) < 4.78 is 23.4. The minimum Gasteiger partial charge on any atom is -0.490 e. The summed E-state index contributed by atoms with van der Waals surface area (Å²) in [5.74, 6) is -0.509. The number of hydrogen-bond acceptors (Lipinski definition) is 7. The molecule has 0 saturated carbocycles. The molecule has 0 radical (unpaired) electrons. The summed E-state index contributed by atoms with van der Waals surface area (Å²) in [6, 6.07) is 5.55. The van der Waals surface area contributed by atoms with Crippen molar-refractivity contribution in [3.63, 3.8) is 0 Å². The van der Waals surface area contributed by atoms with E-state index in [9.17, 15) is 15.3 Å². The Kier molecular flexibility index (Phi) is 6.88. The average Bonchev–Trinajstić information content (AvgIpc) is 3.40. The number of rotatable bonds is 11. The highest BCUT2D eigenvalue weighted by molar-refractivity contribution is 5.46. The van der Waals surface area contributed by atoms with Crippen LogP contribution in [0, 0.1) is 0 Å². The molecule has 1 aromatic carbocycles. The first kappa shape index (κ1) is 22.5. The number of aliphatic hydroxyl groups is 3. The van der Waals surface area contributed by atoms with Crippen molar-refractivity contribution >= 4 is 0 Å². The van der Waals surface area contributed by atoms with Gasteiger partial charge in [-0.15, -0.1) is 0 Å². The van der Waals surface area contributed by atoms with Gasteiger partial charge in [-0.1, -0.05) is 38.3 Å². The van der Waals surface area contributed by atoms with Gasteiger partial charge in [-0.25, -0.2) is 0 Å². The third-order valence-corrected chi connectivity index (χ3v) is 5.84. The maximum absolute atomic E-state index is 10.5. The first-order valence-corrected chi connectivity index (χ1v) is 10.4. The molecule has 0 aromatic heterocycles. The normalized spacial score (nSPS) is 28.1. The molecular weight excluding hydrogens is 376 g/mol. The van der Waals surface area contributed by atoms with Gasteiger partial charge in [0.25, 0.3) is 0 Å². The highest BCUT2D eigenvalue weighted by atomic mass is 16.7. The lowest BCUT2D eigenvalue weighted by molar-refractivity contribution is -0.235. The molecule has 2 aliphatic heterocycles. The first-order chi connectivity index (χ1) is 13.7. The molecular formula is C22H34O7. The summed E-state index contributed by atoms with van der Waals surface area (Å²) in [7, 11) is 1.57. The van der Waals surface area contributed by atoms with E-state index >= 15 is 0 Å². The van der Waals surface area contributed by atoms with E-state index in [2.05, 4.69) is 6.92 Å². The summed E-state index contributed by atoms with van der Waals surface area (Å²) in [6.07, 6.45) is 1.56. The molecule has 0 spiro atoms. The van der Waals surface area contributed by atoms with E-state index in [1.165, 1.54) is 13.8 Å². The van der Waals surface area contributed by atoms with Crippen LogP contribution < -0.4 is 4.74 Å². The Labute approximate surface area is 172 Å². The summed E-state index contributed by atoms with van der Waals surface area (Å²) >= 11 is 0. The quantitative estimate of drug-likeness (QED) is 0.380. The minimum absolute atomic E-state index is 0.0430. The fraction of sp³-hybridized carbons (Fsp3) is 0.727. The predicted molar refractivity (Wildman–Crippen MR) is 107 cm³/mol. The second-order valence-corrected chi connectivity index (χ2v) is 8.51. The minimum atomic E-state index is -1.26. The predicted octanol–water partition coefficient (Wildman–Crippen LogP) is 2.24. The van der Waals surface area contributed by atoms with Crippen LogP contribution in [-0.4, -0.2) is 59.1 Å². The topological polar surface area (TPSA) is 101 Å². The maximum atomic E-state index is 10.5. The zero-order valence-corrected chi connectivity index (χ0v) is 17.8. The number of ether oxygens (including phenoxy) is 4. The van der Waals surface area contributed by atoms with Crippen LogP contribution in [-0.2, 0) is 26.6 Å². The Morgan fingerprint density at radius 2 is 2.03 bits per heavy atom. The van der Waals surface area contributed by atoms with Crippen molar-refractivity contribution in [1.29, 1.82) is 0 Å². The van der Waals surface area contributed by atoms with Gasteiger partial charge in [0.1, 0.15) is 30.7 Å². The summed E-state index contributed by atoms with van der Waals surface area (Å²) in [5.41, 5.74) is 0.379. The van der Waals surface area contributed by atoms with Gasteiger partial charge in [-0.05, 0) is 26.3 Å². The molecule has 5 atom stereocenters. The van der Waals surface area contributed by atoms with Gasteiger partial charge < -0.3 is 34.3 Å². The Hall–Kier alpha value is -1.22. The molecule has 2 aliphatic rings. The van der Waals surface area contributed by atoms with E-state index < -0.39 is 23.6 Å². The SMILES string of the molecule is CCCCC[C@@H](O)[C@@H]1O[C@H]1[C@@]1(OC)OCc2c(OC[C@@H](O)C(C)(C)O)cccc21. The molecule has 3 rings (SSSR count). The highest BCUT2D eigenvalue weighted by Gasteiger charge is 2.62. The van der Waals surface area contributed by atoms with Crippen molar-refractivity contribution in [3.05, 3.63) is 29.3 Å². The van der Waals surface area contributed by atoms with Crippen LogP contribution in [0.2, 0.25) is 0 Å². The fourth-order valence-electron chi connectivity index (χ4n) is 3.82. The molecule has 1 fully saturated rings. The summed E-state index contributed by atoms with van der Waals surface area (Å²) in [6.45, 7) is 5.43.